The van der Waals surface area contributed by atoms with Gasteiger partial charge in [-0.25, -0.2) is 0 Å². The van der Waals surface area contributed by atoms with Crippen molar-refractivity contribution in [1.29, 1.82) is 0 Å². The van der Waals surface area contributed by atoms with E-state index in [9.17, 15) is 10.2 Å². The van der Waals surface area contributed by atoms with Gasteiger partial charge in [-0.1, -0.05) is 203 Å². The van der Waals surface area contributed by atoms with Gasteiger partial charge < -0.3 is 14.9 Å². The van der Waals surface area contributed by atoms with Crippen LogP contribution in [0.4, 0.5) is 0 Å². The fourth-order valence-electron chi connectivity index (χ4n) is 23.9. The largest absolute Gasteiger partial charge is 0.358 e. The quantitative estimate of drug-likeness (QED) is 0.0307. The first-order chi connectivity index (χ1) is 63.8. The number of rotatable bonds is 22. The molecule has 0 spiro atoms. The Kier molecular flexibility index (Phi) is 34.0. The molecule has 0 atom stereocenters. The van der Waals surface area contributed by atoms with Crippen LogP contribution in [0.2, 0.25) is 9.50 Å². The van der Waals surface area contributed by atoms with Gasteiger partial charge in [0, 0.05) is 26.2 Å². The van der Waals surface area contributed by atoms with Crippen LogP contribution in [-0.4, -0.2) is 43.8 Å². The van der Waals surface area contributed by atoms with E-state index in [0.717, 1.165) is 103 Å². The van der Waals surface area contributed by atoms with Crippen LogP contribution in [0, 0.1) is 36.5 Å². The maximum atomic E-state index is 14.7. The van der Waals surface area contributed by atoms with Crippen LogP contribution in [0.5, 0.6) is 23.0 Å². The Morgan fingerprint density at radius 3 is 0.625 bits per heavy atom. The Labute approximate surface area is 901 Å². The molecule has 0 bridgehead atoms. The van der Waals surface area contributed by atoms with Crippen LogP contribution >= 0.6 is 0 Å². The molecule has 12 aromatic rings. The fraction of sp³-hybridized carbons (Fsp3) is 0.522. The molecular formula is C138H196GeO4Zr. The van der Waals surface area contributed by atoms with E-state index in [1.54, 1.807) is 0 Å². The Morgan fingerprint density at radius 1 is 0.215 bits per heavy atom. The zero-order chi connectivity index (χ0) is 106. The third-order valence-electron chi connectivity index (χ3n) is 31.3. The molecule has 4 N–H and O–H groups in total. The van der Waals surface area contributed by atoms with E-state index in [1.165, 1.54) is 111 Å². The Hall–Kier alpha value is -7.69. The summed E-state index contributed by atoms with van der Waals surface area (Å²) in [5, 5.41) is 38.7. The third-order valence-corrected chi connectivity index (χ3v) is 44.1. The van der Waals surface area contributed by atoms with Crippen LogP contribution in [0.25, 0.3) is 110 Å². The van der Waals surface area contributed by atoms with E-state index >= 15 is 0 Å². The SMILES string of the molecule is C[CH](C)[Ge]([CH2][OH+]c1ccc(C(C)(C)CC(C)(C)C)cc1-c1cc(C(C)(C)CC(C)(C)C)cc(-c2c3ccc(C(C)(C)C)cc3c(-c3cc(C(C)(C)C)cc(C(C)(C)C)c3)c3cc(C(C)(C)C)ccc23)c1O)([CH2][OH+]c1ccc(C(C)(C)CC(C)(C)C)cc1-c1cc(C(C)(C)CC(C)(C)C)cc(-c2c3ccc(C(C)(C)C)cc3c(-c3cc(C(C)(C)C)cc(C(C)(C)C)c3)c3cc(C(C)(C)C)ccc23)c1O)[CH](C)C.[CH3-].[CH3-].[Zr]. The van der Waals surface area contributed by atoms with Crippen LogP contribution < -0.4 is 0 Å². The number of aliphatic hydroxyl groups is 2. The number of hydrogen-bond acceptors (Lipinski definition) is 2. The molecule has 4 nitrogen and oxygen atoms in total. The zero-order valence-electron chi connectivity index (χ0n) is 100. The number of ether oxygens (including phenoxy) is 2. The summed E-state index contributed by atoms with van der Waals surface area (Å²) in [5.41, 5.74) is 26.0. The predicted molar refractivity (Wildman–Crippen MR) is 639 cm³/mol. The molecule has 0 aliphatic carbocycles. The average Bonchev–Trinajstić information content (AvgIpc) is 0.714. The number of aromatic hydroxyl groups is 4. The molecule has 144 heavy (non-hydrogen) atoms. The second-order valence-electron chi connectivity index (χ2n) is 60.1. The zero-order valence-corrected chi connectivity index (χ0v) is 105. The third kappa shape index (κ3) is 26.1. The summed E-state index contributed by atoms with van der Waals surface area (Å²) in [6.45, 7) is 114. The summed E-state index contributed by atoms with van der Waals surface area (Å²) in [7, 11) is 0. The summed E-state index contributed by atoms with van der Waals surface area (Å²) in [4.78, 5) is 0. The second kappa shape index (κ2) is 40.9. The van der Waals surface area contributed by atoms with E-state index in [-0.39, 0.29) is 149 Å². The molecule has 0 fully saturated rings. The normalized spacial score (nSPS) is 13.7. The number of benzene rings is 12. The summed E-state index contributed by atoms with van der Waals surface area (Å²) < 4.78 is 13.1. The summed E-state index contributed by atoms with van der Waals surface area (Å²) >= 11 is -3.59. The molecule has 0 saturated carbocycles. The van der Waals surface area contributed by atoms with E-state index in [0.29, 0.717) is 10.9 Å². The molecular weight excluding hydrogens is 1890 g/mol. The Morgan fingerprint density at radius 2 is 0.417 bits per heavy atom. The van der Waals surface area contributed by atoms with Crippen LogP contribution in [0.1, 0.15) is 425 Å². The van der Waals surface area contributed by atoms with Crippen LogP contribution in [0.3, 0.4) is 0 Å². The van der Waals surface area contributed by atoms with Gasteiger partial charge >= 0.3 is 599 Å². The minimum Gasteiger partial charge on any atom is -0.358 e. The van der Waals surface area contributed by atoms with Gasteiger partial charge in [0.2, 0.25) is 0 Å². The van der Waals surface area contributed by atoms with Gasteiger partial charge in [0.15, 0.2) is 0 Å². The van der Waals surface area contributed by atoms with Crippen molar-refractivity contribution in [3.63, 3.8) is 0 Å². The molecule has 6 heteroatoms. The molecule has 0 aliphatic heterocycles. The van der Waals surface area contributed by atoms with Crippen LogP contribution in [0.15, 0.2) is 170 Å². The number of hydrogen-bond donors (Lipinski definition) is 2. The van der Waals surface area contributed by atoms with Crippen molar-refractivity contribution in [2.75, 3.05) is 10.9 Å². The number of fused-ring (bicyclic) bond motifs is 4. The van der Waals surface area contributed by atoms with Gasteiger partial charge in [-0.3, -0.25) is 0 Å². The molecule has 0 amide bonds. The predicted octanol–water partition coefficient (Wildman–Crippen LogP) is 41.4. The Balaban J connectivity index is 0.00000770. The van der Waals surface area contributed by atoms with E-state index in [2.05, 4.69) is 502 Å². The first-order valence-corrected chi connectivity index (χ1v) is 59.0. The summed E-state index contributed by atoms with van der Waals surface area (Å²) in [5.74, 6) is 2.31. The maximum absolute atomic E-state index is 14.7. The van der Waals surface area contributed by atoms with Crippen molar-refractivity contribution in [2.45, 2.75) is 433 Å². The minimum absolute atomic E-state index is 0. The van der Waals surface area contributed by atoms with Crippen molar-refractivity contribution < 1.29 is 45.9 Å². The van der Waals surface area contributed by atoms with Crippen molar-refractivity contribution in [1.82, 2.24) is 0 Å². The molecule has 0 radical (unpaired) electrons. The van der Waals surface area contributed by atoms with Crippen molar-refractivity contribution in [3.8, 4) is 89.8 Å². The molecule has 0 saturated heterocycles. The topological polar surface area (TPSA) is 66.1 Å². The average molecular weight is 2080 g/mol. The first kappa shape index (κ1) is 120. The fourth-order valence-corrected chi connectivity index (χ4v) is 31.9. The minimum atomic E-state index is -3.59. The first-order valence-electron chi connectivity index (χ1n) is 53.7. The number of phenols is 2. The van der Waals surface area contributed by atoms with Crippen molar-refractivity contribution in [3.05, 3.63) is 251 Å². The molecule has 12 aromatic carbocycles. The smallest absolute Gasteiger partial charge is 0 e. The molecule has 0 heterocycles. The Bertz CT molecular complexity index is 6090. The molecule has 780 valence electrons. The van der Waals surface area contributed by atoms with Gasteiger partial charge in [0.05, 0.1) is 0 Å². The maximum Gasteiger partial charge on any atom is 0 e. The molecule has 0 aliphatic rings. The van der Waals surface area contributed by atoms with E-state index in [1.807, 2.05) is 0 Å². The van der Waals surface area contributed by atoms with Gasteiger partial charge in [0.25, 0.3) is 0 Å². The van der Waals surface area contributed by atoms with Gasteiger partial charge in [-0.15, -0.1) is 0 Å². The van der Waals surface area contributed by atoms with Crippen molar-refractivity contribution in [2.24, 2.45) is 21.7 Å². The summed E-state index contributed by atoms with van der Waals surface area (Å²) in [6, 6.07) is 67.9. The van der Waals surface area contributed by atoms with Crippen molar-refractivity contribution >= 4 is 56.4 Å². The van der Waals surface area contributed by atoms with Gasteiger partial charge in [-0.2, -0.15) is 0 Å². The van der Waals surface area contributed by atoms with Gasteiger partial charge in [0.1, 0.15) is 0 Å². The molecule has 12 rings (SSSR count). The van der Waals surface area contributed by atoms with E-state index in [4.69, 9.17) is 9.47 Å². The van der Waals surface area contributed by atoms with Gasteiger partial charge in [-0.05, 0) is 65.6 Å². The van der Waals surface area contributed by atoms with Crippen LogP contribution in [-0.2, 0) is 91.2 Å². The molecule has 0 unspecified atom stereocenters. The van der Waals surface area contributed by atoms with E-state index < -0.39 is 13.3 Å². The number of phenolic OH excluding ortho intramolecular Hbond substituents is 2. The summed E-state index contributed by atoms with van der Waals surface area (Å²) in [6.07, 6.45) is 3.69. The monoisotopic (exact) mass is 2080 g/mol. The standard InChI is InChI=1S/C136H188GeO4.2CH3.Zr/c1-83(2)137(84(3)4,81-140-113-59-53-91(133(41,42)77-121(5,6)7)71-103(113)109-73-97(135(45,46)79-123(11,12)13)75-111(119(109)138)117-99-55-49-87(125(17,18)19)67-105(99)115(106-68-88(126(20,21)22)50-56-100(106)117)85-61-93(129(29,30)31)65-94(62-85)130(32,33)34)82-141-114-60-54-92(134(43,44)78-122(8,9)10)72-104(114)110-74-98(136(47,48)80-124(14,15)16)76-112(120(110)139)118-101-57-51-89(127(23,24)25)69-107(101)116(108-70-90(128(26,27)28)52-58-102(108)118)86-63-95(131(35,36)37)66-96(64-86)132(38,39)40;;;/h49-76,83-84,138-139H,77-82H2,1-48H3;2*1H3;/q;2*-1;/p+2. The molecule has 0 aromatic heterocycles. The second-order valence-corrected chi connectivity index (χ2v) is 71.5.